The summed E-state index contributed by atoms with van der Waals surface area (Å²) < 4.78 is 11.4. The summed E-state index contributed by atoms with van der Waals surface area (Å²) >= 11 is 0. The number of rotatable bonds is 6. The van der Waals surface area contributed by atoms with E-state index in [0.29, 0.717) is 29.4 Å². The average molecular weight is 633 g/mol. The first-order chi connectivity index (χ1) is 21.5. The van der Waals surface area contributed by atoms with E-state index in [2.05, 4.69) is 48.1 Å². The van der Waals surface area contributed by atoms with Gasteiger partial charge in [-0.25, -0.2) is 4.79 Å². The van der Waals surface area contributed by atoms with Gasteiger partial charge in [0.05, 0.1) is 12.5 Å². The molecular formula is C40H56O6. The first kappa shape index (κ1) is 33.2. The lowest BCUT2D eigenvalue weighted by atomic mass is 9.32. The molecule has 0 heterocycles. The van der Waals surface area contributed by atoms with Gasteiger partial charge in [0.2, 0.25) is 0 Å². The minimum atomic E-state index is -0.592. The molecule has 5 aliphatic rings. The number of aromatic hydroxyl groups is 1. The molecule has 5 fully saturated rings. The number of carbonyl (C=O) groups is 2. The third kappa shape index (κ3) is 4.62. The van der Waals surface area contributed by atoms with Crippen LogP contribution in [0.3, 0.4) is 0 Å². The molecule has 0 amide bonds. The Kier molecular flexibility index (Phi) is 8.04. The van der Waals surface area contributed by atoms with Gasteiger partial charge in [-0.1, -0.05) is 52.8 Å². The van der Waals surface area contributed by atoms with Gasteiger partial charge in [-0.3, -0.25) is 4.79 Å². The number of carbonyl (C=O) groups excluding carboxylic acids is 1. The van der Waals surface area contributed by atoms with E-state index in [0.717, 1.165) is 69.8 Å². The smallest absolute Gasteiger partial charge is 0.331 e. The van der Waals surface area contributed by atoms with Crippen LogP contribution < -0.4 is 4.74 Å². The van der Waals surface area contributed by atoms with E-state index in [1.54, 1.807) is 24.3 Å². The van der Waals surface area contributed by atoms with Crippen molar-refractivity contribution in [1.29, 1.82) is 0 Å². The Bertz CT molecular complexity index is 1440. The summed E-state index contributed by atoms with van der Waals surface area (Å²) in [7, 11) is 1.50. The van der Waals surface area contributed by atoms with Crippen molar-refractivity contribution >= 4 is 18.0 Å². The zero-order valence-electron chi connectivity index (χ0n) is 29.2. The zero-order valence-corrected chi connectivity index (χ0v) is 29.2. The molecule has 5 aliphatic carbocycles. The highest BCUT2D eigenvalue weighted by Gasteiger charge is 2.72. The number of fused-ring (bicyclic) bond motifs is 7. The van der Waals surface area contributed by atoms with Crippen molar-refractivity contribution in [2.75, 3.05) is 7.11 Å². The third-order valence-corrected chi connectivity index (χ3v) is 15.3. The van der Waals surface area contributed by atoms with Gasteiger partial charge in [-0.15, -0.1) is 0 Å². The molecule has 0 aromatic heterocycles. The van der Waals surface area contributed by atoms with E-state index in [-0.39, 0.29) is 45.4 Å². The Hall–Kier alpha value is -2.76. The quantitative estimate of drug-likeness (QED) is 0.185. The maximum atomic E-state index is 13.1. The number of esters is 1. The lowest BCUT2D eigenvalue weighted by Crippen LogP contribution is -2.67. The lowest BCUT2D eigenvalue weighted by molar-refractivity contribution is -0.250. The molecule has 46 heavy (non-hydrogen) atoms. The third-order valence-electron chi connectivity index (χ3n) is 15.3. The van der Waals surface area contributed by atoms with Gasteiger partial charge in [0, 0.05) is 11.5 Å². The Morgan fingerprint density at radius 2 is 1.65 bits per heavy atom. The van der Waals surface area contributed by atoms with E-state index >= 15 is 0 Å². The minimum absolute atomic E-state index is 0.0618. The van der Waals surface area contributed by atoms with E-state index in [4.69, 9.17) is 9.47 Å². The maximum Gasteiger partial charge on any atom is 0.331 e. The van der Waals surface area contributed by atoms with Crippen LogP contribution >= 0.6 is 0 Å². The summed E-state index contributed by atoms with van der Waals surface area (Å²) in [5.74, 6) is 1.42. The molecule has 1 aromatic rings. The van der Waals surface area contributed by atoms with Crippen molar-refractivity contribution in [3.63, 3.8) is 0 Å². The fraction of sp³-hybridized carbons (Fsp3) is 0.700. The normalized spacial score (nSPS) is 42.7. The second-order valence-electron chi connectivity index (χ2n) is 17.2. The van der Waals surface area contributed by atoms with Crippen LogP contribution in [0.4, 0.5) is 0 Å². The standard InChI is InChI=1S/C40H56O6/c1-24(2)26-15-20-40(35(43)44)22-21-38(6)27(34(26)40)11-13-31-37(5)18-17-32(36(3,4)30(37)16-19-39(31,38)7)46-33(42)14-10-25-9-12-28(41)29(23-25)45-8/h9-10,12,14,23,26-27,30-32,34,41H,1,11,13,15-22H2,2-8H3,(H,43,44)/b14-10+. The monoisotopic (exact) mass is 632 g/mol. The largest absolute Gasteiger partial charge is 0.504 e. The number of methoxy groups -OCH3 is 1. The Labute approximate surface area is 276 Å². The first-order valence-corrected chi connectivity index (χ1v) is 17.7. The van der Waals surface area contributed by atoms with Gasteiger partial charge < -0.3 is 19.7 Å². The van der Waals surface area contributed by atoms with Gasteiger partial charge in [0.1, 0.15) is 6.10 Å². The SMILES string of the molecule is C=C(C)C1CCC2(C(=O)O)CCC3(C)C(CCC4C5(C)CCC(OC(=O)/C=C/c6ccc(O)c(OC)c6)C(C)(C)C5CCC43C)C12. The summed E-state index contributed by atoms with van der Waals surface area (Å²) in [5, 5.41) is 20.5. The molecule has 0 saturated heterocycles. The molecule has 6 heteroatoms. The molecule has 0 aliphatic heterocycles. The zero-order chi connectivity index (χ0) is 33.4. The molecule has 2 N–H and O–H groups in total. The predicted octanol–water partition coefficient (Wildman–Crippen LogP) is 9.07. The fourth-order valence-electron chi connectivity index (χ4n) is 12.8. The van der Waals surface area contributed by atoms with Crippen molar-refractivity contribution in [3.8, 4) is 11.5 Å². The number of phenols is 1. The van der Waals surface area contributed by atoms with Crippen LogP contribution in [-0.2, 0) is 14.3 Å². The second-order valence-corrected chi connectivity index (χ2v) is 17.2. The van der Waals surface area contributed by atoms with Crippen LogP contribution in [0.5, 0.6) is 11.5 Å². The van der Waals surface area contributed by atoms with Gasteiger partial charge >= 0.3 is 11.9 Å². The maximum absolute atomic E-state index is 13.1. The molecule has 1 aromatic carbocycles. The van der Waals surface area contributed by atoms with Crippen LogP contribution in [0.1, 0.15) is 111 Å². The molecule has 6 rings (SSSR count). The Morgan fingerprint density at radius 3 is 2.33 bits per heavy atom. The molecule has 0 bridgehead atoms. The second kappa shape index (κ2) is 11.2. The molecule has 252 valence electrons. The summed E-state index contributed by atoms with van der Waals surface area (Å²) in [4.78, 5) is 26.1. The van der Waals surface area contributed by atoms with E-state index in [1.807, 2.05) is 0 Å². The Balaban J connectivity index is 1.23. The summed E-state index contributed by atoms with van der Waals surface area (Å²) in [5.41, 5.74) is 1.54. The minimum Gasteiger partial charge on any atom is -0.504 e. The van der Waals surface area contributed by atoms with Crippen molar-refractivity contribution in [2.45, 2.75) is 112 Å². The van der Waals surface area contributed by atoms with Crippen LogP contribution in [0.25, 0.3) is 6.08 Å². The average Bonchev–Trinajstić information content (AvgIpc) is 3.40. The van der Waals surface area contributed by atoms with Crippen LogP contribution in [-0.4, -0.2) is 35.4 Å². The molecule has 0 radical (unpaired) electrons. The van der Waals surface area contributed by atoms with Crippen molar-refractivity contribution in [2.24, 2.45) is 56.7 Å². The summed E-state index contributed by atoms with van der Waals surface area (Å²) in [6.07, 6.45) is 13.0. The highest BCUT2D eigenvalue weighted by Crippen LogP contribution is 2.77. The van der Waals surface area contributed by atoms with Crippen LogP contribution in [0.2, 0.25) is 0 Å². The highest BCUT2D eigenvalue weighted by molar-refractivity contribution is 5.87. The first-order valence-electron chi connectivity index (χ1n) is 17.7. The van der Waals surface area contributed by atoms with Crippen LogP contribution in [0.15, 0.2) is 36.4 Å². The van der Waals surface area contributed by atoms with E-state index in [9.17, 15) is 19.8 Å². The highest BCUT2D eigenvalue weighted by atomic mass is 16.5. The summed E-state index contributed by atoms with van der Waals surface area (Å²) in [6, 6.07) is 5.00. The van der Waals surface area contributed by atoms with E-state index in [1.165, 1.54) is 18.8 Å². The van der Waals surface area contributed by atoms with Crippen molar-refractivity contribution < 1.29 is 29.3 Å². The summed E-state index contributed by atoms with van der Waals surface area (Å²) in [6.45, 7) is 18.8. The topological polar surface area (TPSA) is 93.1 Å². The predicted molar refractivity (Wildman–Crippen MR) is 180 cm³/mol. The molecule has 10 unspecified atom stereocenters. The Morgan fingerprint density at radius 1 is 0.913 bits per heavy atom. The number of aliphatic carboxylic acids is 1. The molecule has 6 nitrogen and oxygen atoms in total. The van der Waals surface area contributed by atoms with Crippen LogP contribution in [0, 0.1) is 56.7 Å². The number of ether oxygens (including phenoxy) is 2. The fourth-order valence-corrected chi connectivity index (χ4v) is 12.8. The molecular weight excluding hydrogens is 576 g/mol. The number of benzene rings is 1. The number of carboxylic acid groups (broad SMARTS) is 1. The van der Waals surface area contributed by atoms with Crippen molar-refractivity contribution in [1.82, 2.24) is 0 Å². The van der Waals surface area contributed by atoms with Gasteiger partial charge in [-0.2, -0.15) is 0 Å². The van der Waals surface area contributed by atoms with E-state index < -0.39 is 11.4 Å². The lowest BCUT2D eigenvalue weighted by Gasteiger charge is -2.72. The molecule has 5 saturated carbocycles. The van der Waals surface area contributed by atoms with Gasteiger partial charge in [-0.05, 0) is 141 Å². The number of allylic oxidation sites excluding steroid dienone is 1. The molecule has 0 spiro atoms. The number of hydrogen-bond acceptors (Lipinski definition) is 5. The molecule has 10 atom stereocenters. The number of carboxylic acids is 1. The number of hydrogen-bond donors (Lipinski definition) is 2. The van der Waals surface area contributed by atoms with Gasteiger partial charge in [0.15, 0.2) is 11.5 Å². The number of phenolic OH excluding ortho intramolecular Hbond substituents is 1. The van der Waals surface area contributed by atoms with Crippen molar-refractivity contribution in [3.05, 3.63) is 42.0 Å². The van der Waals surface area contributed by atoms with Gasteiger partial charge in [0.25, 0.3) is 0 Å².